The van der Waals surface area contributed by atoms with Crippen molar-refractivity contribution in [1.29, 1.82) is 0 Å². The van der Waals surface area contributed by atoms with Gasteiger partial charge in [-0.3, -0.25) is 4.79 Å². The molecule has 4 aromatic rings. The number of nitrogens with one attached hydrogen (secondary N) is 1. The van der Waals surface area contributed by atoms with E-state index in [1.165, 1.54) is 25.3 Å². The summed E-state index contributed by atoms with van der Waals surface area (Å²) in [5, 5.41) is 68.0. The van der Waals surface area contributed by atoms with Crippen molar-refractivity contribution < 1.29 is 35.4 Å². The van der Waals surface area contributed by atoms with Crippen molar-refractivity contribution >= 4 is 11.8 Å². The molecule has 0 spiro atoms. The van der Waals surface area contributed by atoms with Crippen molar-refractivity contribution in [3.63, 3.8) is 0 Å². The smallest absolute Gasteiger partial charge is 0.309 e. The van der Waals surface area contributed by atoms with Crippen LogP contribution in [0.5, 0.6) is 11.5 Å². The maximum absolute atomic E-state index is 13.1. The Bertz CT molecular complexity index is 2100. The maximum atomic E-state index is 13.1. The lowest BCUT2D eigenvalue weighted by Crippen LogP contribution is -2.42. The molecule has 2 saturated carbocycles. The third kappa shape index (κ3) is 11.1. The molecule has 10 heteroatoms. The van der Waals surface area contributed by atoms with Gasteiger partial charge in [0.2, 0.25) is 0 Å². The van der Waals surface area contributed by atoms with Crippen molar-refractivity contribution in [2.75, 3.05) is 5.73 Å². The maximum Gasteiger partial charge on any atom is 0.309 e. The number of H-pyrrole nitrogens is 1. The van der Waals surface area contributed by atoms with Crippen molar-refractivity contribution in [3.8, 4) is 22.8 Å². The highest BCUT2D eigenvalue weighted by Gasteiger charge is 2.51. The minimum atomic E-state index is -1.15. The summed E-state index contributed by atoms with van der Waals surface area (Å²) in [5.41, 5.74) is 10.0. The van der Waals surface area contributed by atoms with Gasteiger partial charge in [0, 0.05) is 53.0 Å². The van der Waals surface area contributed by atoms with Gasteiger partial charge in [-0.25, -0.2) is 4.98 Å². The fourth-order valence-corrected chi connectivity index (χ4v) is 11.6. The van der Waals surface area contributed by atoms with E-state index >= 15 is 0 Å². The standard InChI is InChI=1S/C52H69N3O7/c1-2-3-5-10-34-15-16-37(47(58)28-34)13-8-9-14-38-17-18-40(44-19-20-45(55-44)41-30-39(56)31-48(59)42(41)26-33-11-6-4-7-12-33)43-27-36(25-35-22-24-54-49(53)29-35)32-52(43,62)23-21-46(57)50(38)51(60)61/h4,6-7,11-12,15-16,19-20,22,24,29-31,34,36-38,40,43,46-47,50,55-59,62H,2-3,5,8-10,13-14,17-18,21,23,25-28,32H2,1H3,(H2,53,54)(H,60,61)/t34-,36+,37-,38+,40-,43+,46+,47-,50+,52+/m1/s1. The molecule has 9 N–H and O–H groups in total. The Morgan fingerprint density at radius 3 is 2.42 bits per heavy atom. The van der Waals surface area contributed by atoms with Gasteiger partial charge >= 0.3 is 5.97 Å². The number of aliphatic carboxylic acids is 1. The zero-order chi connectivity index (χ0) is 43.8. The van der Waals surface area contributed by atoms with Crippen molar-refractivity contribution in [3.05, 3.63) is 107 Å². The SMILES string of the molecule is CCCCC[C@@H]1C=C[C@@H](CCCC[C@H]2CC[C@@H](c3ccc(-c4cc(O)cc(O)c4Cc4ccccc4)[nH]3)[C@@H]3C[C@H](Cc4ccnc(N)c4)C[C@@]3(O)CC[C@H](O)[C@H]2C(=O)O)[C@H](O)C1. The van der Waals surface area contributed by atoms with Crippen LogP contribution in [0.2, 0.25) is 0 Å². The zero-order valence-corrected chi connectivity index (χ0v) is 36.4. The summed E-state index contributed by atoms with van der Waals surface area (Å²) in [6.45, 7) is 2.21. The number of benzene rings is 2. The van der Waals surface area contributed by atoms with Gasteiger partial charge in [0.1, 0.15) is 17.3 Å². The second-order valence-electron chi connectivity index (χ2n) is 19.1. The molecule has 0 amide bonds. The molecular weight excluding hydrogens is 779 g/mol. The van der Waals surface area contributed by atoms with Crippen LogP contribution >= 0.6 is 0 Å². The van der Waals surface area contributed by atoms with Crippen LogP contribution in [-0.2, 0) is 17.6 Å². The van der Waals surface area contributed by atoms with Gasteiger partial charge in [-0.05, 0) is 136 Å². The first-order valence-corrected chi connectivity index (χ1v) is 23.4. The Balaban J connectivity index is 1.15. The van der Waals surface area contributed by atoms with Crippen LogP contribution in [0.15, 0.2) is 85.1 Å². The second-order valence-corrected chi connectivity index (χ2v) is 19.1. The van der Waals surface area contributed by atoms with E-state index in [1.54, 1.807) is 12.3 Å². The number of unbranched alkanes of at least 4 members (excludes halogenated alkanes) is 3. The van der Waals surface area contributed by atoms with Gasteiger partial charge in [-0.2, -0.15) is 0 Å². The predicted octanol–water partition coefficient (Wildman–Crippen LogP) is 9.69. The summed E-state index contributed by atoms with van der Waals surface area (Å²) in [5.74, 6) is -1.51. The van der Waals surface area contributed by atoms with Crippen LogP contribution < -0.4 is 5.73 Å². The number of nitrogen functional groups attached to an aromatic ring is 1. The molecule has 7 rings (SSSR count). The first-order valence-electron chi connectivity index (χ1n) is 23.4. The summed E-state index contributed by atoms with van der Waals surface area (Å²) < 4.78 is 0. The lowest BCUT2D eigenvalue weighted by atomic mass is 9.69. The minimum absolute atomic E-state index is 0.00480. The van der Waals surface area contributed by atoms with Gasteiger partial charge in [0.15, 0.2) is 0 Å². The van der Waals surface area contributed by atoms with E-state index in [-0.39, 0.29) is 60.0 Å². The number of phenolic OH excluding ortho intramolecular Hbond substituents is 2. The van der Waals surface area contributed by atoms with Crippen molar-refractivity contribution in [2.45, 2.75) is 140 Å². The lowest BCUT2D eigenvalue weighted by molar-refractivity contribution is -0.150. The second kappa shape index (κ2) is 20.7. The van der Waals surface area contributed by atoms with Crippen molar-refractivity contribution in [2.24, 2.45) is 35.5 Å². The highest BCUT2D eigenvalue weighted by atomic mass is 16.4. The molecule has 0 aliphatic heterocycles. The Labute approximate surface area is 367 Å². The summed E-state index contributed by atoms with van der Waals surface area (Å²) >= 11 is 0. The monoisotopic (exact) mass is 848 g/mol. The zero-order valence-electron chi connectivity index (χ0n) is 36.4. The number of nitrogens with two attached hydrogens (primary N) is 1. The minimum Gasteiger partial charge on any atom is -0.508 e. The Morgan fingerprint density at radius 2 is 1.66 bits per heavy atom. The molecule has 0 saturated heterocycles. The number of allylic oxidation sites excluding steroid dienone is 1. The molecule has 0 bridgehead atoms. The van der Waals surface area contributed by atoms with E-state index < -0.39 is 23.6 Å². The van der Waals surface area contributed by atoms with Crippen LogP contribution in [0, 0.1) is 35.5 Å². The van der Waals surface area contributed by atoms with Gasteiger partial charge in [0.25, 0.3) is 0 Å². The van der Waals surface area contributed by atoms with E-state index in [0.717, 1.165) is 61.0 Å². The molecule has 2 aromatic heterocycles. The van der Waals surface area contributed by atoms with Crippen LogP contribution in [0.4, 0.5) is 5.82 Å². The number of aromatic amines is 1. The summed E-state index contributed by atoms with van der Waals surface area (Å²) in [7, 11) is 0. The number of carbonyl (C=O) groups is 1. The summed E-state index contributed by atoms with van der Waals surface area (Å²) in [6, 6.07) is 20.8. The Hall–Kier alpha value is -4.64. The van der Waals surface area contributed by atoms with E-state index in [1.807, 2.05) is 54.6 Å². The number of rotatable bonds is 16. The number of nitrogens with zero attached hydrogens (tertiary/aromatic N) is 1. The molecule has 62 heavy (non-hydrogen) atoms. The highest BCUT2D eigenvalue weighted by Crippen LogP contribution is 2.53. The summed E-state index contributed by atoms with van der Waals surface area (Å²) in [4.78, 5) is 20.9. The van der Waals surface area contributed by atoms with E-state index in [9.17, 15) is 35.4 Å². The third-order valence-electron chi connectivity index (χ3n) is 14.7. The Kier molecular flexibility index (Phi) is 15.1. The number of carboxylic acid groups (broad SMARTS) is 1. The van der Waals surface area contributed by atoms with E-state index in [4.69, 9.17) is 5.73 Å². The van der Waals surface area contributed by atoms with Crippen LogP contribution in [-0.4, -0.2) is 64.4 Å². The third-order valence-corrected chi connectivity index (χ3v) is 14.7. The summed E-state index contributed by atoms with van der Waals surface area (Å²) in [6.07, 6.45) is 17.5. The molecule has 2 fully saturated rings. The number of anilines is 1. The van der Waals surface area contributed by atoms with Crippen LogP contribution in [0.3, 0.4) is 0 Å². The quantitative estimate of drug-likeness (QED) is 0.0400. The molecule has 2 heterocycles. The molecule has 3 aliphatic carbocycles. The molecule has 334 valence electrons. The van der Waals surface area contributed by atoms with E-state index in [0.29, 0.717) is 61.4 Å². The number of fused-ring (bicyclic) bond motifs is 1. The van der Waals surface area contributed by atoms with Gasteiger partial charge in [-0.15, -0.1) is 0 Å². The fourth-order valence-electron chi connectivity index (χ4n) is 11.6. The Morgan fingerprint density at radius 1 is 0.871 bits per heavy atom. The number of aliphatic hydroxyl groups is 3. The number of aromatic hydroxyl groups is 2. The lowest BCUT2D eigenvalue weighted by Gasteiger charge is -2.39. The predicted molar refractivity (Wildman–Crippen MR) is 244 cm³/mol. The number of aliphatic hydroxyl groups excluding tert-OH is 2. The van der Waals surface area contributed by atoms with Crippen LogP contribution in [0.25, 0.3) is 11.3 Å². The van der Waals surface area contributed by atoms with Gasteiger partial charge < -0.3 is 41.4 Å². The van der Waals surface area contributed by atoms with Crippen LogP contribution in [0.1, 0.15) is 132 Å². The average molecular weight is 848 g/mol. The van der Waals surface area contributed by atoms with Crippen molar-refractivity contribution in [1.82, 2.24) is 9.97 Å². The number of carboxylic acids is 1. The van der Waals surface area contributed by atoms with Gasteiger partial charge in [-0.1, -0.05) is 81.5 Å². The molecule has 2 aromatic carbocycles. The first-order chi connectivity index (χ1) is 29.9. The van der Waals surface area contributed by atoms with E-state index in [2.05, 4.69) is 29.0 Å². The number of aromatic nitrogens is 2. The molecule has 0 unspecified atom stereocenters. The normalized spacial score (nSPS) is 29.0. The fraction of sp³-hybridized carbons (Fsp3) is 0.538. The number of hydrogen-bond donors (Lipinski definition) is 8. The highest BCUT2D eigenvalue weighted by molar-refractivity contribution is 5.71. The molecule has 3 aliphatic rings. The topological polar surface area (TPSA) is 193 Å². The average Bonchev–Trinajstić information content (AvgIpc) is 3.85. The van der Waals surface area contributed by atoms with Gasteiger partial charge in [0.05, 0.1) is 23.7 Å². The number of hydrogen-bond acceptors (Lipinski definition) is 8. The molecule has 0 radical (unpaired) electrons. The first kappa shape index (κ1) is 45.4. The molecule has 10 atom stereocenters. The molecular formula is C52H69N3O7. The number of phenols is 2. The number of pyridine rings is 1. The molecule has 10 nitrogen and oxygen atoms in total. The largest absolute Gasteiger partial charge is 0.508 e.